The monoisotopic (exact) mass is 180 g/mol. The van der Waals surface area contributed by atoms with Crippen molar-refractivity contribution in [1.82, 2.24) is 9.97 Å². The van der Waals surface area contributed by atoms with Gasteiger partial charge in [0, 0.05) is 18.5 Å². The number of nitrogens with zero attached hydrogens (tertiary/aromatic N) is 2. The number of aromatic hydroxyl groups is 1. The zero-order valence-electron chi connectivity index (χ0n) is 6.03. The SMILES string of the molecule is Oc1cc(Cl)nc2ccncc12. The summed E-state index contributed by atoms with van der Waals surface area (Å²) in [7, 11) is 0. The first-order chi connectivity index (χ1) is 5.77. The number of aromatic nitrogens is 2. The molecule has 12 heavy (non-hydrogen) atoms. The molecule has 0 aliphatic rings. The van der Waals surface area contributed by atoms with Crippen LogP contribution in [0.15, 0.2) is 24.5 Å². The van der Waals surface area contributed by atoms with Crippen LogP contribution in [0.25, 0.3) is 10.9 Å². The first-order valence-corrected chi connectivity index (χ1v) is 3.74. The molecule has 0 aromatic carbocycles. The van der Waals surface area contributed by atoms with E-state index in [0.29, 0.717) is 10.9 Å². The minimum Gasteiger partial charge on any atom is -0.507 e. The summed E-state index contributed by atoms with van der Waals surface area (Å²) in [6.45, 7) is 0. The van der Waals surface area contributed by atoms with Gasteiger partial charge in [0.05, 0.1) is 10.9 Å². The van der Waals surface area contributed by atoms with Crippen molar-refractivity contribution in [2.45, 2.75) is 0 Å². The Bertz CT molecular complexity index is 430. The molecule has 0 bridgehead atoms. The Morgan fingerprint density at radius 2 is 2.25 bits per heavy atom. The summed E-state index contributed by atoms with van der Waals surface area (Å²) in [5.74, 6) is 0.109. The largest absolute Gasteiger partial charge is 0.507 e. The molecule has 3 nitrogen and oxygen atoms in total. The first kappa shape index (κ1) is 7.31. The van der Waals surface area contributed by atoms with E-state index in [1.54, 1.807) is 18.5 Å². The fourth-order valence-corrected chi connectivity index (χ4v) is 1.21. The highest BCUT2D eigenvalue weighted by molar-refractivity contribution is 6.30. The van der Waals surface area contributed by atoms with E-state index < -0.39 is 0 Å². The second-order valence-corrected chi connectivity index (χ2v) is 2.74. The zero-order valence-corrected chi connectivity index (χ0v) is 6.78. The standard InChI is InChI=1S/C8H5ClN2O/c9-8-3-7(12)5-4-10-2-1-6(5)11-8/h1-4H,(H,11,12). The summed E-state index contributed by atoms with van der Waals surface area (Å²) in [4.78, 5) is 7.86. The average Bonchev–Trinajstić information content (AvgIpc) is 2.04. The predicted molar refractivity (Wildman–Crippen MR) is 46.2 cm³/mol. The van der Waals surface area contributed by atoms with E-state index in [9.17, 15) is 5.11 Å². The molecule has 4 heteroatoms. The van der Waals surface area contributed by atoms with Crippen molar-refractivity contribution in [3.8, 4) is 5.75 Å². The fourth-order valence-electron chi connectivity index (χ4n) is 1.02. The third kappa shape index (κ3) is 1.08. The van der Waals surface area contributed by atoms with Gasteiger partial charge in [-0.15, -0.1) is 0 Å². The van der Waals surface area contributed by atoms with E-state index in [4.69, 9.17) is 11.6 Å². The molecule has 2 aromatic heterocycles. The molecule has 0 fully saturated rings. The van der Waals surface area contributed by atoms with Crippen LogP contribution in [0.1, 0.15) is 0 Å². The van der Waals surface area contributed by atoms with E-state index in [0.717, 1.165) is 0 Å². The molecule has 0 aliphatic carbocycles. The number of hydrogen-bond donors (Lipinski definition) is 1. The first-order valence-electron chi connectivity index (χ1n) is 3.36. The lowest BCUT2D eigenvalue weighted by molar-refractivity contribution is 0.481. The molecule has 2 rings (SSSR count). The summed E-state index contributed by atoms with van der Waals surface area (Å²) in [6.07, 6.45) is 3.15. The van der Waals surface area contributed by atoms with E-state index in [2.05, 4.69) is 9.97 Å². The van der Waals surface area contributed by atoms with E-state index in [-0.39, 0.29) is 10.9 Å². The average molecular weight is 181 g/mol. The Hall–Kier alpha value is -1.35. The molecule has 0 saturated heterocycles. The van der Waals surface area contributed by atoms with Gasteiger partial charge in [-0.3, -0.25) is 4.98 Å². The van der Waals surface area contributed by atoms with Crippen LogP contribution in [0.3, 0.4) is 0 Å². The molecule has 1 N–H and O–H groups in total. The quantitative estimate of drug-likeness (QED) is 0.631. The smallest absolute Gasteiger partial charge is 0.133 e. The van der Waals surface area contributed by atoms with Crippen LogP contribution in [-0.2, 0) is 0 Å². The lowest BCUT2D eigenvalue weighted by Crippen LogP contribution is -1.81. The van der Waals surface area contributed by atoms with Crippen LogP contribution >= 0.6 is 11.6 Å². The van der Waals surface area contributed by atoms with Crippen LogP contribution in [0.4, 0.5) is 0 Å². The molecule has 0 aliphatic heterocycles. The van der Waals surface area contributed by atoms with Crippen LogP contribution in [-0.4, -0.2) is 15.1 Å². The van der Waals surface area contributed by atoms with Crippen molar-refractivity contribution in [2.75, 3.05) is 0 Å². The van der Waals surface area contributed by atoms with Gasteiger partial charge in [-0.25, -0.2) is 4.98 Å². The molecule has 0 radical (unpaired) electrons. The van der Waals surface area contributed by atoms with Gasteiger partial charge in [0.2, 0.25) is 0 Å². The van der Waals surface area contributed by atoms with Crippen molar-refractivity contribution in [1.29, 1.82) is 0 Å². The number of fused-ring (bicyclic) bond motifs is 1. The van der Waals surface area contributed by atoms with Crippen molar-refractivity contribution in [3.05, 3.63) is 29.7 Å². The molecule has 2 heterocycles. The topological polar surface area (TPSA) is 46.0 Å². The maximum Gasteiger partial charge on any atom is 0.133 e. The molecule has 0 atom stereocenters. The zero-order chi connectivity index (χ0) is 8.55. The van der Waals surface area contributed by atoms with Gasteiger partial charge in [-0.1, -0.05) is 11.6 Å². The molecule has 0 saturated carbocycles. The van der Waals surface area contributed by atoms with Crippen molar-refractivity contribution in [2.24, 2.45) is 0 Å². The van der Waals surface area contributed by atoms with Crippen molar-refractivity contribution in [3.63, 3.8) is 0 Å². The molecule has 0 amide bonds. The third-order valence-corrected chi connectivity index (χ3v) is 1.75. The van der Waals surface area contributed by atoms with Gasteiger partial charge in [-0.05, 0) is 6.07 Å². The second kappa shape index (κ2) is 2.60. The maximum absolute atomic E-state index is 9.39. The summed E-state index contributed by atoms with van der Waals surface area (Å²) in [6, 6.07) is 3.09. The van der Waals surface area contributed by atoms with Gasteiger partial charge >= 0.3 is 0 Å². The summed E-state index contributed by atoms with van der Waals surface area (Å²) in [5, 5.41) is 10.3. The number of rotatable bonds is 0. The number of hydrogen-bond acceptors (Lipinski definition) is 3. The third-order valence-electron chi connectivity index (χ3n) is 1.56. The Balaban J connectivity index is 2.89. The van der Waals surface area contributed by atoms with E-state index in [1.165, 1.54) is 6.07 Å². The minimum atomic E-state index is 0.109. The van der Waals surface area contributed by atoms with Gasteiger partial charge in [0.1, 0.15) is 10.9 Å². The van der Waals surface area contributed by atoms with E-state index in [1.807, 2.05) is 0 Å². The Labute approximate surface area is 73.6 Å². The Kier molecular flexibility index (Phi) is 1.59. The lowest BCUT2D eigenvalue weighted by atomic mass is 10.2. The lowest BCUT2D eigenvalue weighted by Gasteiger charge is -1.98. The van der Waals surface area contributed by atoms with Crippen LogP contribution in [0.2, 0.25) is 5.15 Å². The Morgan fingerprint density at radius 3 is 3.08 bits per heavy atom. The minimum absolute atomic E-state index is 0.109. The maximum atomic E-state index is 9.39. The highest BCUT2D eigenvalue weighted by atomic mass is 35.5. The number of pyridine rings is 2. The van der Waals surface area contributed by atoms with Crippen LogP contribution in [0, 0.1) is 0 Å². The normalized spacial score (nSPS) is 10.4. The summed E-state index contributed by atoms with van der Waals surface area (Å²) < 4.78 is 0. The predicted octanol–water partition coefficient (Wildman–Crippen LogP) is 1.99. The molecule has 0 unspecified atom stereocenters. The molecule has 60 valence electrons. The van der Waals surface area contributed by atoms with Crippen LogP contribution < -0.4 is 0 Å². The highest BCUT2D eigenvalue weighted by Crippen LogP contribution is 2.24. The van der Waals surface area contributed by atoms with Gasteiger partial charge in [0.25, 0.3) is 0 Å². The van der Waals surface area contributed by atoms with Gasteiger partial charge in [0.15, 0.2) is 0 Å². The second-order valence-electron chi connectivity index (χ2n) is 2.36. The molecule has 2 aromatic rings. The molecular formula is C8H5ClN2O. The van der Waals surface area contributed by atoms with Gasteiger partial charge in [-0.2, -0.15) is 0 Å². The summed E-state index contributed by atoms with van der Waals surface area (Å²) in [5.41, 5.74) is 0.648. The fraction of sp³-hybridized carbons (Fsp3) is 0. The number of halogens is 1. The van der Waals surface area contributed by atoms with Crippen molar-refractivity contribution >= 4 is 22.5 Å². The highest BCUT2D eigenvalue weighted by Gasteiger charge is 2.01. The summed E-state index contributed by atoms with van der Waals surface area (Å²) >= 11 is 5.63. The molecule has 0 spiro atoms. The van der Waals surface area contributed by atoms with E-state index >= 15 is 0 Å². The Morgan fingerprint density at radius 1 is 1.42 bits per heavy atom. The van der Waals surface area contributed by atoms with Crippen molar-refractivity contribution < 1.29 is 5.11 Å². The van der Waals surface area contributed by atoms with Crippen LogP contribution in [0.5, 0.6) is 5.75 Å². The molecular weight excluding hydrogens is 176 g/mol. The van der Waals surface area contributed by atoms with Gasteiger partial charge < -0.3 is 5.11 Å².